The van der Waals surface area contributed by atoms with Gasteiger partial charge in [-0.05, 0) is 67.2 Å². The fourth-order valence-electron chi connectivity index (χ4n) is 5.03. The third kappa shape index (κ3) is 7.03. The number of oxazole rings is 1. The van der Waals surface area contributed by atoms with Crippen LogP contribution in [0.25, 0.3) is 11.5 Å². The maximum atomic E-state index is 11.9. The number of aliphatic carboxylic acids is 1. The molecular weight excluding hydrogens is 488 g/mol. The number of hydrogen-bond donors (Lipinski definition) is 1. The van der Waals surface area contributed by atoms with E-state index in [0.29, 0.717) is 37.5 Å². The number of ether oxygens (including phenoxy) is 1. The first kappa shape index (κ1) is 26.4. The minimum Gasteiger partial charge on any atom is -0.493 e. The molecule has 1 aliphatic heterocycles. The van der Waals surface area contributed by atoms with Crippen molar-refractivity contribution in [3.63, 3.8) is 0 Å². The van der Waals surface area contributed by atoms with Gasteiger partial charge >= 0.3 is 5.97 Å². The van der Waals surface area contributed by atoms with E-state index in [2.05, 4.69) is 34.1 Å². The van der Waals surface area contributed by atoms with Gasteiger partial charge in [0.25, 0.3) is 0 Å². The van der Waals surface area contributed by atoms with Crippen LogP contribution in [0.4, 0.5) is 0 Å². The maximum absolute atomic E-state index is 11.9. The molecule has 1 aliphatic rings. The van der Waals surface area contributed by atoms with Crippen LogP contribution >= 0.6 is 0 Å². The summed E-state index contributed by atoms with van der Waals surface area (Å²) in [6, 6.07) is 28.3. The molecule has 0 amide bonds. The Morgan fingerprint density at radius 1 is 0.923 bits per heavy atom. The summed E-state index contributed by atoms with van der Waals surface area (Å²) >= 11 is 0. The fraction of sp³-hybridized carbons (Fsp3) is 0.273. The molecule has 0 saturated heterocycles. The second kappa shape index (κ2) is 12.6. The van der Waals surface area contributed by atoms with Gasteiger partial charge in [-0.2, -0.15) is 0 Å². The molecule has 0 spiro atoms. The Bertz CT molecular complexity index is 1410. The Morgan fingerprint density at radius 2 is 1.64 bits per heavy atom. The van der Waals surface area contributed by atoms with E-state index in [-0.39, 0.29) is 0 Å². The number of rotatable bonds is 11. The summed E-state index contributed by atoms with van der Waals surface area (Å²) < 4.78 is 11.8. The Balaban J connectivity index is 1.13. The second-order valence-corrected chi connectivity index (χ2v) is 9.96. The number of aromatic nitrogens is 1. The van der Waals surface area contributed by atoms with Gasteiger partial charge in [-0.25, -0.2) is 9.78 Å². The Kier molecular flexibility index (Phi) is 8.54. The van der Waals surface area contributed by atoms with Crippen LogP contribution in [0.2, 0.25) is 0 Å². The van der Waals surface area contributed by atoms with Crippen LogP contribution in [0.3, 0.4) is 0 Å². The van der Waals surface area contributed by atoms with E-state index >= 15 is 0 Å². The number of hydrogen-bond acceptors (Lipinski definition) is 5. The highest BCUT2D eigenvalue weighted by Gasteiger charge is 2.23. The van der Waals surface area contributed by atoms with Crippen LogP contribution in [0.15, 0.2) is 100 Å². The zero-order chi connectivity index (χ0) is 27.0. The molecule has 0 radical (unpaired) electrons. The van der Waals surface area contributed by atoms with E-state index in [4.69, 9.17) is 9.15 Å². The molecule has 200 valence electrons. The highest BCUT2D eigenvalue weighted by molar-refractivity contribution is 5.87. The van der Waals surface area contributed by atoms with Gasteiger partial charge < -0.3 is 14.3 Å². The van der Waals surface area contributed by atoms with Crippen LogP contribution in [0.1, 0.15) is 35.4 Å². The van der Waals surface area contributed by atoms with Crippen molar-refractivity contribution < 1.29 is 19.1 Å². The zero-order valence-electron chi connectivity index (χ0n) is 22.3. The molecule has 2 heterocycles. The second-order valence-electron chi connectivity index (χ2n) is 9.96. The number of nitrogens with zero attached hydrogens (tertiary/aromatic N) is 2. The first-order valence-electron chi connectivity index (χ1n) is 13.5. The van der Waals surface area contributed by atoms with Crippen molar-refractivity contribution >= 4 is 5.97 Å². The van der Waals surface area contributed by atoms with Gasteiger partial charge in [0.15, 0.2) is 0 Å². The smallest absolute Gasteiger partial charge is 0.331 e. The van der Waals surface area contributed by atoms with Gasteiger partial charge in [-0.3, -0.25) is 4.90 Å². The van der Waals surface area contributed by atoms with Crippen molar-refractivity contribution in [1.29, 1.82) is 0 Å². The summed E-state index contributed by atoms with van der Waals surface area (Å²) in [5.74, 6) is 1.47. The van der Waals surface area contributed by atoms with Gasteiger partial charge in [0.05, 0.1) is 12.3 Å². The first-order valence-corrected chi connectivity index (χ1v) is 13.5. The van der Waals surface area contributed by atoms with Gasteiger partial charge in [0.1, 0.15) is 11.5 Å². The van der Waals surface area contributed by atoms with E-state index in [1.165, 1.54) is 11.1 Å². The summed E-state index contributed by atoms with van der Waals surface area (Å²) in [6.07, 6.45) is 2.78. The van der Waals surface area contributed by atoms with Gasteiger partial charge in [0.2, 0.25) is 5.89 Å². The molecule has 1 N–H and O–H groups in total. The highest BCUT2D eigenvalue weighted by atomic mass is 16.5. The average molecular weight is 523 g/mol. The fourth-order valence-corrected chi connectivity index (χ4v) is 5.03. The predicted octanol–water partition coefficient (Wildman–Crippen LogP) is 6.49. The van der Waals surface area contributed by atoms with E-state index in [1.807, 2.05) is 67.6 Å². The largest absolute Gasteiger partial charge is 0.493 e. The van der Waals surface area contributed by atoms with E-state index in [9.17, 15) is 9.90 Å². The summed E-state index contributed by atoms with van der Waals surface area (Å²) in [6.45, 7) is 4.75. The van der Waals surface area contributed by atoms with E-state index in [1.54, 1.807) is 0 Å². The predicted molar refractivity (Wildman–Crippen MR) is 152 cm³/mol. The van der Waals surface area contributed by atoms with Crippen molar-refractivity contribution in [2.75, 3.05) is 19.7 Å². The van der Waals surface area contributed by atoms with Gasteiger partial charge in [0, 0.05) is 37.2 Å². The topological polar surface area (TPSA) is 75.8 Å². The molecule has 0 bridgehead atoms. The molecule has 0 unspecified atom stereocenters. The Morgan fingerprint density at radius 3 is 2.36 bits per heavy atom. The van der Waals surface area contributed by atoms with Crippen molar-refractivity contribution in [1.82, 2.24) is 9.88 Å². The van der Waals surface area contributed by atoms with Gasteiger partial charge in [-0.15, -0.1) is 0 Å². The number of carbonyl (C=O) groups is 1. The molecule has 6 heteroatoms. The molecule has 6 nitrogen and oxygen atoms in total. The van der Waals surface area contributed by atoms with Crippen molar-refractivity contribution in [2.45, 2.75) is 39.2 Å². The summed E-state index contributed by atoms with van der Waals surface area (Å²) in [5, 5.41) is 9.76. The monoisotopic (exact) mass is 522 g/mol. The van der Waals surface area contributed by atoms with Crippen molar-refractivity contribution in [3.05, 3.63) is 119 Å². The number of aryl methyl sites for hydroxylation is 2. The first-order chi connectivity index (χ1) is 19.0. The van der Waals surface area contributed by atoms with Crippen LogP contribution in [-0.4, -0.2) is 40.7 Å². The number of benzene rings is 3. The average Bonchev–Trinajstić information content (AvgIpc) is 3.34. The standard InChI is InChI=1S/C33H34N2O4/c1-24-31(34-32(39-24)27-10-6-3-7-11-27)19-21-38-29-16-13-25(14-17-29)12-15-28-23-35(20-18-30(28)33(36)37)22-26-8-4-2-5-9-26/h2-11,13-14,16-17H,12,15,18-23H2,1H3,(H,36,37). The van der Waals surface area contributed by atoms with Crippen LogP contribution < -0.4 is 4.74 Å². The highest BCUT2D eigenvalue weighted by Crippen LogP contribution is 2.25. The molecule has 4 aromatic rings. The molecule has 39 heavy (non-hydrogen) atoms. The SMILES string of the molecule is Cc1oc(-c2ccccc2)nc1CCOc1ccc(CCC2=C(C(=O)O)CCN(Cc3ccccc3)C2)cc1. The quantitative estimate of drug-likeness (QED) is 0.243. The Hall–Kier alpha value is -4.16. The van der Waals surface area contributed by atoms with Crippen molar-refractivity contribution in [3.8, 4) is 17.2 Å². The lowest BCUT2D eigenvalue weighted by atomic mass is 9.94. The summed E-state index contributed by atoms with van der Waals surface area (Å²) in [5.41, 5.74) is 5.90. The summed E-state index contributed by atoms with van der Waals surface area (Å²) in [4.78, 5) is 18.9. The van der Waals surface area contributed by atoms with Gasteiger partial charge in [-0.1, -0.05) is 60.7 Å². The molecule has 0 saturated carbocycles. The number of carboxylic acids is 1. The molecular formula is C33H34N2O4. The molecule has 1 aromatic heterocycles. The number of carboxylic acid groups (broad SMARTS) is 1. The third-order valence-corrected chi connectivity index (χ3v) is 7.19. The normalized spacial score (nSPS) is 14.0. The third-order valence-electron chi connectivity index (χ3n) is 7.19. The zero-order valence-corrected chi connectivity index (χ0v) is 22.3. The lowest BCUT2D eigenvalue weighted by Crippen LogP contribution is -2.33. The molecule has 0 aliphatic carbocycles. The minimum absolute atomic E-state index is 0.507. The minimum atomic E-state index is -0.786. The lowest BCUT2D eigenvalue weighted by Gasteiger charge is -2.30. The van der Waals surface area contributed by atoms with E-state index < -0.39 is 5.97 Å². The van der Waals surface area contributed by atoms with Crippen molar-refractivity contribution in [2.24, 2.45) is 0 Å². The van der Waals surface area contributed by atoms with Crippen LogP contribution in [0, 0.1) is 6.92 Å². The summed E-state index contributed by atoms with van der Waals surface area (Å²) in [7, 11) is 0. The molecule has 0 atom stereocenters. The Labute approximate surface area is 229 Å². The van der Waals surface area contributed by atoms with Crippen LogP contribution in [-0.2, 0) is 24.2 Å². The lowest BCUT2D eigenvalue weighted by molar-refractivity contribution is -0.133. The van der Waals surface area contributed by atoms with E-state index in [0.717, 1.165) is 54.3 Å². The maximum Gasteiger partial charge on any atom is 0.331 e. The molecule has 0 fully saturated rings. The molecule has 5 rings (SSSR count). The van der Waals surface area contributed by atoms with Crippen LogP contribution in [0.5, 0.6) is 5.75 Å². The molecule has 3 aromatic carbocycles.